The van der Waals surface area contributed by atoms with Crippen LogP contribution in [-0.4, -0.2) is 38.9 Å². The molecule has 7 nitrogen and oxygen atoms in total. The normalized spacial score (nSPS) is 18.6. The van der Waals surface area contributed by atoms with Gasteiger partial charge in [-0.05, 0) is 30.9 Å². The quantitative estimate of drug-likeness (QED) is 0.761. The number of pyridine rings is 1. The van der Waals surface area contributed by atoms with Crippen LogP contribution in [0.2, 0.25) is 0 Å². The van der Waals surface area contributed by atoms with E-state index in [4.69, 9.17) is 5.73 Å². The van der Waals surface area contributed by atoms with Gasteiger partial charge in [-0.2, -0.15) is 0 Å². The Morgan fingerprint density at radius 3 is 2.74 bits per heavy atom. The molecule has 2 heterocycles. The number of nitrogens with one attached hydrogen (secondary N) is 1. The predicted molar refractivity (Wildman–Crippen MR) is 88.4 cm³/mol. The first kappa shape index (κ1) is 17.7. The second-order valence-corrected chi connectivity index (χ2v) is 8.03. The van der Waals surface area contributed by atoms with Gasteiger partial charge in [-0.1, -0.05) is 13.8 Å². The monoisotopic (exact) mass is 340 g/mol. The molecule has 0 aliphatic carbocycles. The van der Waals surface area contributed by atoms with Crippen LogP contribution in [0.25, 0.3) is 0 Å². The Labute approximate surface area is 137 Å². The van der Waals surface area contributed by atoms with Crippen LogP contribution in [0.4, 0.5) is 5.82 Å². The molecule has 0 saturated carbocycles. The van der Waals surface area contributed by atoms with E-state index in [1.54, 1.807) is 6.07 Å². The van der Waals surface area contributed by atoms with E-state index in [0.717, 1.165) is 6.42 Å². The van der Waals surface area contributed by atoms with Gasteiger partial charge in [-0.15, -0.1) is 0 Å². The van der Waals surface area contributed by atoms with E-state index in [1.807, 2.05) is 18.7 Å². The number of hydrogen-bond acceptors (Lipinski definition) is 5. The van der Waals surface area contributed by atoms with E-state index in [-0.39, 0.29) is 16.7 Å². The maximum absolute atomic E-state index is 12.2. The highest BCUT2D eigenvalue weighted by Crippen LogP contribution is 2.22. The number of hydrogen-bond donors (Lipinski definition) is 2. The smallest absolute Gasteiger partial charge is 0.242 e. The van der Waals surface area contributed by atoms with E-state index in [2.05, 4.69) is 9.71 Å². The molecule has 1 unspecified atom stereocenters. The number of carbonyl (C=O) groups is 1. The summed E-state index contributed by atoms with van der Waals surface area (Å²) >= 11 is 0. The molecule has 128 valence electrons. The van der Waals surface area contributed by atoms with Crippen molar-refractivity contribution in [1.82, 2.24) is 9.71 Å². The molecule has 1 aliphatic heterocycles. The van der Waals surface area contributed by atoms with Crippen LogP contribution in [0.15, 0.2) is 23.2 Å². The number of nitrogens with zero attached hydrogens (tertiary/aromatic N) is 2. The molecule has 1 aromatic rings. The largest absolute Gasteiger partial charge is 0.369 e. The molecule has 1 aromatic heterocycles. The summed E-state index contributed by atoms with van der Waals surface area (Å²) < 4.78 is 26.9. The molecule has 1 amide bonds. The molecule has 0 spiro atoms. The van der Waals surface area contributed by atoms with Crippen LogP contribution < -0.4 is 15.4 Å². The number of nitrogens with two attached hydrogens (primary N) is 1. The predicted octanol–water partition coefficient (Wildman–Crippen LogP) is 0.718. The molecule has 0 bridgehead atoms. The molecule has 1 fully saturated rings. The highest BCUT2D eigenvalue weighted by atomic mass is 32.2. The van der Waals surface area contributed by atoms with Crippen molar-refractivity contribution in [2.45, 2.75) is 31.6 Å². The van der Waals surface area contributed by atoms with Crippen molar-refractivity contribution in [3.05, 3.63) is 18.3 Å². The Morgan fingerprint density at radius 1 is 1.48 bits per heavy atom. The lowest BCUT2D eigenvalue weighted by atomic mass is 10.1. The topological polar surface area (TPSA) is 105 Å². The summed E-state index contributed by atoms with van der Waals surface area (Å²) in [5.41, 5.74) is 5.31. The zero-order valence-corrected chi connectivity index (χ0v) is 14.3. The van der Waals surface area contributed by atoms with E-state index < -0.39 is 10.0 Å². The van der Waals surface area contributed by atoms with Crippen molar-refractivity contribution in [3.8, 4) is 0 Å². The van der Waals surface area contributed by atoms with E-state index in [0.29, 0.717) is 37.8 Å². The van der Waals surface area contributed by atoms with Crippen LogP contribution >= 0.6 is 0 Å². The van der Waals surface area contributed by atoms with Crippen molar-refractivity contribution in [1.29, 1.82) is 0 Å². The van der Waals surface area contributed by atoms with Crippen molar-refractivity contribution in [2.24, 2.45) is 17.6 Å². The molecule has 8 heteroatoms. The van der Waals surface area contributed by atoms with Crippen LogP contribution in [0, 0.1) is 11.8 Å². The fourth-order valence-electron chi connectivity index (χ4n) is 2.48. The Balaban J connectivity index is 2.00. The molecule has 1 atom stereocenters. The number of amides is 1. The van der Waals surface area contributed by atoms with Crippen LogP contribution in [-0.2, 0) is 14.8 Å². The average Bonchev–Trinajstić information content (AvgIpc) is 2.97. The van der Waals surface area contributed by atoms with Crippen molar-refractivity contribution in [2.75, 3.05) is 24.5 Å². The zero-order valence-electron chi connectivity index (χ0n) is 13.5. The number of rotatable bonds is 7. The molecule has 1 saturated heterocycles. The summed E-state index contributed by atoms with van der Waals surface area (Å²) in [4.78, 5) is 17.5. The first-order valence-electron chi connectivity index (χ1n) is 7.79. The number of primary amides is 1. The third-order valence-electron chi connectivity index (χ3n) is 3.96. The molecule has 1 aliphatic rings. The standard InChI is InChI=1S/C15H24N4O3S/c1-11(2)5-7-18-23(21,22)13-3-4-14(17-9-13)19-8-6-12(10-19)15(16)20/h3-4,9,11-12,18H,5-8,10H2,1-2H3,(H2,16,20). The lowest BCUT2D eigenvalue weighted by Gasteiger charge is -2.17. The SMILES string of the molecule is CC(C)CCNS(=O)(=O)c1ccc(N2CCC(C(N)=O)C2)nc1. The highest BCUT2D eigenvalue weighted by molar-refractivity contribution is 7.89. The van der Waals surface area contributed by atoms with Crippen molar-refractivity contribution < 1.29 is 13.2 Å². The Morgan fingerprint density at radius 2 is 2.22 bits per heavy atom. The summed E-state index contributed by atoms with van der Waals surface area (Å²) in [6, 6.07) is 3.21. The maximum atomic E-state index is 12.2. The molecule has 2 rings (SSSR count). The minimum Gasteiger partial charge on any atom is -0.369 e. The lowest BCUT2D eigenvalue weighted by molar-refractivity contribution is -0.121. The Kier molecular flexibility index (Phi) is 5.59. The van der Waals surface area contributed by atoms with Gasteiger partial charge in [0.15, 0.2) is 0 Å². The van der Waals surface area contributed by atoms with Crippen LogP contribution in [0.5, 0.6) is 0 Å². The second kappa shape index (κ2) is 7.27. The van der Waals surface area contributed by atoms with E-state index in [1.165, 1.54) is 12.3 Å². The number of carbonyl (C=O) groups excluding carboxylic acids is 1. The summed E-state index contributed by atoms with van der Waals surface area (Å²) in [7, 11) is -3.53. The third kappa shape index (κ3) is 4.65. The van der Waals surface area contributed by atoms with Crippen molar-refractivity contribution in [3.63, 3.8) is 0 Å². The second-order valence-electron chi connectivity index (χ2n) is 6.27. The number of anilines is 1. The minimum absolute atomic E-state index is 0.149. The molecule has 0 aromatic carbocycles. The van der Waals surface area contributed by atoms with E-state index in [9.17, 15) is 13.2 Å². The van der Waals surface area contributed by atoms with Gasteiger partial charge in [0.2, 0.25) is 15.9 Å². The minimum atomic E-state index is -3.53. The first-order chi connectivity index (χ1) is 10.8. The summed E-state index contributed by atoms with van der Waals surface area (Å²) in [5, 5.41) is 0. The van der Waals surface area contributed by atoms with E-state index >= 15 is 0 Å². The summed E-state index contributed by atoms with van der Waals surface area (Å²) in [6.45, 7) is 5.72. The molecule has 23 heavy (non-hydrogen) atoms. The third-order valence-corrected chi connectivity index (χ3v) is 5.41. The Hall–Kier alpha value is -1.67. The van der Waals surface area contributed by atoms with Crippen LogP contribution in [0.3, 0.4) is 0 Å². The van der Waals surface area contributed by atoms with Gasteiger partial charge in [-0.3, -0.25) is 4.79 Å². The molecular weight excluding hydrogens is 316 g/mol. The lowest BCUT2D eigenvalue weighted by Crippen LogP contribution is -2.28. The van der Waals surface area contributed by atoms with Gasteiger partial charge in [0.1, 0.15) is 10.7 Å². The fourth-order valence-corrected chi connectivity index (χ4v) is 3.48. The van der Waals surface area contributed by atoms with Crippen molar-refractivity contribution >= 4 is 21.7 Å². The molecule has 0 radical (unpaired) electrons. The molecular formula is C15H24N4O3S. The van der Waals surface area contributed by atoms with Gasteiger partial charge in [-0.25, -0.2) is 18.1 Å². The van der Waals surface area contributed by atoms with Crippen LogP contribution in [0.1, 0.15) is 26.7 Å². The zero-order chi connectivity index (χ0) is 17.0. The highest BCUT2D eigenvalue weighted by Gasteiger charge is 2.27. The average molecular weight is 340 g/mol. The van der Waals surface area contributed by atoms with Gasteiger partial charge in [0, 0.05) is 25.8 Å². The van der Waals surface area contributed by atoms with Gasteiger partial charge < -0.3 is 10.6 Å². The summed E-state index contributed by atoms with van der Waals surface area (Å²) in [6.07, 6.45) is 2.84. The Bertz CT molecular complexity index is 643. The number of sulfonamides is 1. The summed E-state index contributed by atoms with van der Waals surface area (Å²) in [5.74, 6) is 0.625. The van der Waals surface area contributed by atoms with Gasteiger partial charge in [0.05, 0.1) is 5.92 Å². The fraction of sp³-hybridized carbons (Fsp3) is 0.600. The molecule has 3 N–H and O–H groups in total. The maximum Gasteiger partial charge on any atom is 0.242 e. The first-order valence-corrected chi connectivity index (χ1v) is 9.28. The number of aromatic nitrogens is 1. The van der Waals surface area contributed by atoms with Gasteiger partial charge in [0.25, 0.3) is 0 Å². The van der Waals surface area contributed by atoms with Gasteiger partial charge >= 0.3 is 0 Å².